The van der Waals surface area contributed by atoms with Crippen molar-refractivity contribution in [3.05, 3.63) is 0 Å². The highest BCUT2D eigenvalue weighted by Crippen LogP contribution is 1.53. The molecule has 0 fully saturated rings. The van der Waals surface area contributed by atoms with Crippen molar-refractivity contribution in [2.45, 2.75) is 13.8 Å². The van der Waals surface area contributed by atoms with Crippen molar-refractivity contribution in [1.29, 1.82) is 0 Å². The largest absolute Gasteiger partial charge is 0.237 e. The molecular weight excluding hydrogens is 96.0 g/mol. The molecule has 0 heterocycles. The Hall–Kier alpha value is -0.120. The minimum atomic E-state index is 0. The summed E-state index contributed by atoms with van der Waals surface area (Å²) in [6, 6.07) is 0. The molecule has 0 N–H and O–H groups in total. The van der Waals surface area contributed by atoms with Crippen molar-refractivity contribution >= 4 is 0 Å². The maximum atomic E-state index is 8.93. The van der Waals surface area contributed by atoms with Crippen LogP contribution in [0.4, 0.5) is 0 Å². The van der Waals surface area contributed by atoms with E-state index in [1.807, 2.05) is 0 Å². The van der Waals surface area contributed by atoms with Gasteiger partial charge in [-0.05, 0) is 19.1 Å². The van der Waals surface area contributed by atoms with Crippen LogP contribution < -0.4 is 0 Å². The Morgan fingerprint density at radius 1 is 1.43 bits per heavy atom. The van der Waals surface area contributed by atoms with Crippen LogP contribution >= 0.6 is 0 Å². The van der Waals surface area contributed by atoms with E-state index in [-0.39, 0.29) is 13.2 Å². The van der Waals surface area contributed by atoms with Gasteiger partial charge < -0.3 is 0 Å². The molecule has 0 spiro atoms. The first-order chi connectivity index (χ1) is 3.33. The summed E-state index contributed by atoms with van der Waals surface area (Å²) in [6.45, 7) is 3.48. The van der Waals surface area contributed by atoms with E-state index in [1.54, 1.807) is 13.8 Å². The predicted molar refractivity (Wildman–Crippen MR) is 23.5 cm³/mol. The van der Waals surface area contributed by atoms with Gasteiger partial charge >= 0.3 is 0 Å². The van der Waals surface area contributed by atoms with Gasteiger partial charge in [-0.2, -0.15) is 0 Å². The molecule has 3 nitrogen and oxygen atoms in total. The minimum absolute atomic E-state index is 0. The Morgan fingerprint density at radius 2 is 1.57 bits per heavy atom. The second-order valence-corrected chi connectivity index (χ2v) is 0.695. The molecule has 0 atom stereocenters. The molecule has 0 amide bonds. The van der Waals surface area contributed by atoms with Crippen LogP contribution in [0.2, 0.25) is 0 Å². The summed E-state index contributed by atoms with van der Waals surface area (Å²) in [4.78, 5) is 3.29. The topological polar surface area (TPSA) is 49.0 Å². The lowest BCUT2D eigenvalue weighted by Crippen LogP contribution is -1.72. The molecule has 0 saturated heterocycles. The second kappa shape index (κ2) is 16.9. The van der Waals surface area contributed by atoms with Gasteiger partial charge in [0.25, 0.3) is 0 Å². The lowest BCUT2D eigenvalue weighted by atomic mass is 10.9. The van der Waals surface area contributed by atoms with Gasteiger partial charge in [-0.3, -0.25) is 0 Å². The molecule has 0 saturated carbocycles. The maximum Gasteiger partial charge on any atom is 0.0826 e. The van der Waals surface area contributed by atoms with Gasteiger partial charge in [0.2, 0.25) is 0 Å². The smallest absolute Gasteiger partial charge is 0.0826 e. The number of hydrogen-bond donors (Lipinski definition) is 0. The van der Waals surface area contributed by atoms with E-state index in [0.717, 1.165) is 0 Å². The Bertz CT molecular complexity index is 14.4. The van der Waals surface area contributed by atoms with Gasteiger partial charge in [-0.1, -0.05) is 0 Å². The van der Waals surface area contributed by atoms with Gasteiger partial charge in [0, 0.05) is 0 Å². The van der Waals surface area contributed by atoms with E-state index < -0.39 is 0 Å². The van der Waals surface area contributed by atoms with Crippen LogP contribution in [0.5, 0.6) is 0 Å². The first-order valence-corrected chi connectivity index (χ1v) is 2.16. The molecule has 44 valence electrons. The molecule has 7 heavy (non-hydrogen) atoms. The van der Waals surface area contributed by atoms with Crippen molar-refractivity contribution in [3.8, 4) is 0 Å². The third-order valence-electron chi connectivity index (χ3n) is 0.118. The van der Waals surface area contributed by atoms with E-state index in [9.17, 15) is 0 Å². The van der Waals surface area contributed by atoms with Crippen LogP contribution in [-0.4, -0.2) is 13.2 Å². The third kappa shape index (κ3) is 114. The van der Waals surface area contributed by atoms with Crippen molar-refractivity contribution in [3.63, 3.8) is 0 Å². The van der Waals surface area contributed by atoms with Crippen molar-refractivity contribution in [2.75, 3.05) is 13.2 Å². The highest BCUT2D eigenvalue weighted by atomic mass is 17.1. The number of hydrogen-bond acceptors (Lipinski definition) is 1. The summed E-state index contributed by atoms with van der Waals surface area (Å²) in [7, 11) is 0. The van der Waals surface area contributed by atoms with Crippen LogP contribution in [0.15, 0.2) is 0 Å². The van der Waals surface area contributed by atoms with Crippen molar-refractivity contribution in [2.24, 2.45) is 0 Å². The lowest BCUT2D eigenvalue weighted by Gasteiger charge is -1.68. The zero-order chi connectivity index (χ0) is 6.12. The summed E-state index contributed by atoms with van der Waals surface area (Å²) in [5.41, 5.74) is 0. The molecule has 0 aromatic carbocycles. The molecule has 3 heteroatoms. The minimum Gasteiger partial charge on any atom is -0.237 e. The van der Waals surface area contributed by atoms with Crippen molar-refractivity contribution in [1.82, 2.24) is 0 Å². The summed E-state index contributed by atoms with van der Waals surface area (Å²) in [5, 5.41) is 17.7. The van der Waals surface area contributed by atoms with E-state index in [2.05, 4.69) is 4.89 Å². The fourth-order valence-electron chi connectivity index (χ4n) is 0. The fraction of sp³-hybridized carbons (Fsp3) is 1.00. The molecule has 0 aliphatic rings. The lowest BCUT2D eigenvalue weighted by molar-refractivity contribution is -0.299. The number of rotatable bonds is 1. The molecule has 0 aromatic heterocycles. The van der Waals surface area contributed by atoms with E-state index in [1.165, 1.54) is 0 Å². The van der Waals surface area contributed by atoms with E-state index in [0.29, 0.717) is 0 Å². The molecule has 0 aliphatic heterocycles. The van der Waals surface area contributed by atoms with Crippen LogP contribution in [0, 0.1) is 0 Å². The zero-order valence-electron chi connectivity index (χ0n) is 4.64. The average molecular weight is 106 g/mol. The Morgan fingerprint density at radius 3 is 1.57 bits per heavy atom. The zero-order valence-corrected chi connectivity index (χ0v) is 4.64. The fourth-order valence-corrected chi connectivity index (χ4v) is 0. The Kier molecular flexibility index (Phi) is 24.1. The predicted octanol–water partition coefficient (Wildman–Crippen LogP) is 0.805. The van der Waals surface area contributed by atoms with Gasteiger partial charge in [0.05, 0.1) is 13.2 Å². The third-order valence-corrected chi connectivity index (χ3v) is 0.118. The molecule has 0 rings (SSSR count). The van der Waals surface area contributed by atoms with Gasteiger partial charge in [0.15, 0.2) is 0 Å². The molecular formula is C4H10O3. The molecule has 0 bridgehead atoms. The van der Waals surface area contributed by atoms with Crippen LogP contribution in [0.25, 0.3) is 0 Å². The maximum absolute atomic E-state index is 8.93. The van der Waals surface area contributed by atoms with Crippen molar-refractivity contribution < 1.29 is 15.3 Å². The molecule has 0 unspecified atom stereocenters. The van der Waals surface area contributed by atoms with Gasteiger partial charge in [0.1, 0.15) is 0 Å². The summed E-state index contributed by atoms with van der Waals surface area (Å²) < 4.78 is 0. The standard InChI is InChI=1S/C2H5O2.C2H5O/c1-2-4-3;1-2-3/h2H2,1H3;2H2,1H3. The van der Waals surface area contributed by atoms with E-state index >= 15 is 0 Å². The average Bonchev–Trinajstić information content (AvgIpc) is 1.69. The highest BCUT2D eigenvalue weighted by molar-refractivity contribution is 3.88. The van der Waals surface area contributed by atoms with Gasteiger partial charge in [-0.25, -0.2) is 9.99 Å². The molecule has 2 radical (unpaired) electrons. The Labute approximate surface area is 43.5 Å². The van der Waals surface area contributed by atoms with Crippen LogP contribution in [-0.2, 0) is 15.3 Å². The molecule has 0 aliphatic carbocycles. The van der Waals surface area contributed by atoms with Gasteiger partial charge in [-0.15, -0.1) is 0 Å². The van der Waals surface area contributed by atoms with Crippen LogP contribution in [0.3, 0.4) is 0 Å². The van der Waals surface area contributed by atoms with E-state index in [4.69, 9.17) is 10.4 Å². The Balaban J connectivity index is 0. The summed E-state index contributed by atoms with van der Waals surface area (Å²) in [5.74, 6) is 0. The normalized spacial score (nSPS) is 6.86. The first kappa shape index (κ1) is 9.99. The quantitative estimate of drug-likeness (QED) is 0.360. The monoisotopic (exact) mass is 106 g/mol. The molecule has 0 aromatic rings. The first-order valence-electron chi connectivity index (χ1n) is 2.16. The summed E-state index contributed by atoms with van der Waals surface area (Å²) >= 11 is 0. The SMILES string of the molecule is CCO[O].CC[O]. The van der Waals surface area contributed by atoms with Crippen LogP contribution in [0.1, 0.15) is 13.8 Å². The summed E-state index contributed by atoms with van der Waals surface area (Å²) in [6.07, 6.45) is 0. The second-order valence-electron chi connectivity index (χ2n) is 0.695. The highest BCUT2D eigenvalue weighted by Gasteiger charge is 1.57.